The van der Waals surface area contributed by atoms with Crippen LogP contribution in [0.15, 0.2) is 12.1 Å². The predicted molar refractivity (Wildman–Crippen MR) is 66.0 cm³/mol. The summed E-state index contributed by atoms with van der Waals surface area (Å²) in [5.74, 6) is -1.74. The van der Waals surface area contributed by atoms with Crippen LogP contribution >= 0.6 is 0 Å². The van der Waals surface area contributed by atoms with Crippen molar-refractivity contribution in [1.82, 2.24) is 0 Å². The average molecular weight is 304 g/mol. The summed E-state index contributed by atoms with van der Waals surface area (Å²) >= 11 is 0. The minimum Gasteiger partial charge on any atom is -0.444 e. The number of halogens is 4. The van der Waals surface area contributed by atoms with Crippen molar-refractivity contribution in [1.29, 1.82) is 5.26 Å². The molecule has 0 aromatic heterocycles. The van der Waals surface area contributed by atoms with Crippen LogP contribution in [0.4, 0.5) is 28.0 Å². The first-order chi connectivity index (χ1) is 9.45. The lowest BCUT2D eigenvalue weighted by Gasteiger charge is -2.20. The van der Waals surface area contributed by atoms with Gasteiger partial charge < -0.3 is 4.74 Å². The zero-order chi connectivity index (χ0) is 16.4. The second kappa shape index (κ2) is 5.60. The summed E-state index contributed by atoms with van der Waals surface area (Å²) in [5.41, 5.74) is -3.72. The Bertz CT molecular complexity index is 598. The van der Waals surface area contributed by atoms with E-state index in [0.29, 0.717) is 6.07 Å². The molecule has 0 bridgehead atoms. The summed E-state index contributed by atoms with van der Waals surface area (Å²) in [5, 5.41) is 10.8. The van der Waals surface area contributed by atoms with Crippen LogP contribution in [0, 0.1) is 17.1 Å². The third kappa shape index (κ3) is 4.34. The quantitative estimate of drug-likeness (QED) is 0.796. The number of ether oxygens (including phenoxy) is 1. The van der Waals surface area contributed by atoms with Gasteiger partial charge in [-0.15, -0.1) is 0 Å². The van der Waals surface area contributed by atoms with E-state index in [0.717, 1.165) is 6.07 Å². The Balaban J connectivity index is 3.14. The molecule has 0 saturated heterocycles. The van der Waals surface area contributed by atoms with Crippen molar-refractivity contribution in [3.8, 4) is 6.07 Å². The van der Waals surface area contributed by atoms with Gasteiger partial charge in [0.1, 0.15) is 17.2 Å². The highest BCUT2D eigenvalue weighted by Crippen LogP contribution is 2.34. The third-order valence-corrected chi connectivity index (χ3v) is 2.19. The van der Waals surface area contributed by atoms with Gasteiger partial charge in [-0.3, -0.25) is 5.32 Å². The minimum atomic E-state index is -4.93. The Morgan fingerprint density at radius 1 is 1.29 bits per heavy atom. The van der Waals surface area contributed by atoms with E-state index in [4.69, 9.17) is 10.00 Å². The van der Waals surface area contributed by atoms with E-state index < -0.39 is 40.5 Å². The first-order valence-corrected chi connectivity index (χ1v) is 5.75. The molecule has 0 aliphatic heterocycles. The Morgan fingerprint density at radius 2 is 1.86 bits per heavy atom. The number of hydrogen-bond donors (Lipinski definition) is 1. The molecule has 0 fully saturated rings. The zero-order valence-corrected chi connectivity index (χ0v) is 11.4. The fourth-order valence-corrected chi connectivity index (χ4v) is 1.42. The number of alkyl halides is 3. The Labute approximate surface area is 118 Å². The van der Waals surface area contributed by atoms with Gasteiger partial charge in [-0.25, -0.2) is 9.18 Å². The van der Waals surface area contributed by atoms with Crippen LogP contribution in [-0.2, 0) is 10.9 Å². The van der Waals surface area contributed by atoms with E-state index in [-0.39, 0.29) is 0 Å². The molecule has 0 unspecified atom stereocenters. The van der Waals surface area contributed by atoms with Gasteiger partial charge in [-0.2, -0.15) is 18.4 Å². The van der Waals surface area contributed by atoms with Crippen LogP contribution in [0.1, 0.15) is 31.9 Å². The molecule has 8 heteroatoms. The van der Waals surface area contributed by atoms with Gasteiger partial charge in [0.15, 0.2) is 5.82 Å². The molecule has 0 atom stereocenters. The van der Waals surface area contributed by atoms with E-state index in [2.05, 4.69) is 0 Å². The van der Waals surface area contributed by atoms with Gasteiger partial charge in [0.05, 0.1) is 11.3 Å². The van der Waals surface area contributed by atoms with Gasteiger partial charge in [0.2, 0.25) is 0 Å². The highest BCUT2D eigenvalue weighted by molar-refractivity contribution is 5.87. The van der Waals surface area contributed by atoms with Gasteiger partial charge in [0, 0.05) is 0 Å². The smallest absolute Gasteiger partial charge is 0.419 e. The van der Waals surface area contributed by atoms with Crippen molar-refractivity contribution < 1.29 is 27.1 Å². The lowest BCUT2D eigenvalue weighted by Crippen LogP contribution is -2.27. The topological polar surface area (TPSA) is 62.1 Å². The van der Waals surface area contributed by atoms with Crippen molar-refractivity contribution in [3.63, 3.8) is 0 Å². The largest absolute Gasteiger partial charge is 0.444 e. The number of carbonyl (C=O) groups is 1. The van der Waals surface area contributed by atoms with Crippen LogP contribution in [0.25, 0.3) is 0 Å². The maximum Gasteiger partial charge on any atom is 0.419 e. The van der Waals surface area contributed by atoms with Crippen molar-refractivity contribution in [2.24, 2.45) is 0 Å². The van der Waals surface area contributed by atoms with E-state index in [1.165, 1.54) is 6.07 Å². The molecule has 1 N–H and O–H groups in total. The second-order valence-electron chi connectivity index (χ2n) is 5.09. The molecule has 0 aliphatic rings. The molecule has 0 saturated carbocycles. The number of hydrogen-bond acceptors (Lipinski definition) is 3. The summed E-state index contributed by atoms with van der Waals surface area (Å²) in [7, 11) is 0. The molecule has 4 nitrogen and oxygen atoms in total. The summed E-state index contributed by atoms with van der Waals surface area (Å²) in [6.07, 6.45) is -5.93. The monoisotopic (exact) mass is 304 g/mol. The van der Waals surface area contributed by atoms with Crippen LogP contribution in [0.2, 0.25) is 0 Å². The molecular weight excluding hydrogens is 292 g/mol. The summed E-state index contributed by atoms with van der Waals surface area (Å²) < 4.78 is 56.1. The predicted octanol–water partition coefficient (Wildman–Crippen LogP) is 4.06. The number of rotatable bonds is 1. The van der Waals surface area contributed by atoms with Crippen molar-refractivity contribution in [2.75, 3.05) is 5.32 Å². The maximum atomic E-state index is 13.7. The Kier molecular flexibility index (Phi) is 4.46. The minimum absolute atomic E-state index is 0.391. The first-order valence-electron chi connectivity index (χ1n) is 5.75. The summed E-state index contributed by atoms with van der Waals surface area (Å²) in [4.78, 5) is 11.5. The average Bonchev–Trinajstić information content (AvgIpc) is 2.24. The van der Waals surface area contributed by atoms with Crippen molar-refractivity contribution in [2.45, 2.75) is 32.5 Å². The molecule has 1 aromatic rings. The lowest BCUT2D eigenvalue weighted by molar-refractivity contribution is -0.140. The SMILES string of the molecule is CC(C)(C)OC(=O)Nc1ccc(C(F)(F)F)c(F)c1C#N. The van der Waals surface area contributed by atoms with E-state index in [1.54, 1.807) is 20.8 Å². The van der Waals surface area contributed by atoms with Gasteiger partial charge >= 0.3 is 12.3 Å². The second-order valence-corrected chi connectivity index (χ2v) is 5.09. The molecule has 0 radical (unpaired) electrons. The Hall–Kier alpha value is -2.30. The van der Waals surface area contributed by atoms with Crippen LogP contribution in [0.5, 0.6) is 0 Å². The lowest BCUT2D eigenvalue weighted by atomic mass is 10.1. The zero-order valence-electron chi connectivity index (χ0n) is 11.4. The van der Waals surface area contributed by atoms with E-state index in [1.807, 2.05) is 5.32 Å². The molecule has 0 heterocycles. The summed E-state index contributed by atoms with van der Waals surface area (Å²) in [6, 6.07) is 2.55. The number of anilines is 1. The number of nitrogens with one attached hydrogen (secondary N) is 1. The molecule has 1 amide bonds. The molecule has 0 spiro atoms. The first kappa shape index (κ1) is 16.8. The van der Waals surface area contributed by atoms with Crippen molar-refractivity contribution in [3.05, 3.63) is 29.1 Å². The Morgan fingerprint density at radius 3 is 2.29 bits per heavy atom. The van der Waals surface area contributed by atoms with Crippen LogP contribution in [0.3, 0.4) is 0 Å². The molecule has 21 heavy (non-hydrogen) atoms. The third-order valence-electron chi connectivity index (χ3n) is 2.19. The highest BCUT2D eigenvalue weighted by atomic mass is 19.4. The van der Waals surface area contributed by atoms with Gasteiger partial charge in [0.25, 0.3) is 0 Å². The van der Waals surface area contributed by atoms with E-state index in [9.17, 15) is 22.4 Å². The number of benzene rings is 1. The van der Waals surface area contributed by atoms with Crippen LogP contribution in [-0.4, -0.2) is 11.7 Å². The number of amides is 1. The molecule has 1 rings (SSSR count). The fourth-order valence-electron chi connectivity index (χ4n) is 1.42. The normalized spacial score (nSPS) is 11.7. The highest BCUT2D eigenvalue weighted by Gasteiger charge is 2.36. The molecule has 114 valence electrons. The summed E-state index contributed by atoms with van der Waals surface area (Å²) in [6.45, 7) is 4.72. The number of carbonyl (C=O) groups excluding carboxylic acids is 1. The number of nitrogens with zero attached hydrogens (tertiary/aromatic N) is 1. The van der Waals surface area contributed by atoms with Crippen molar-refractivity contribution >= 4 is 11.8 Å². The van der Waals surface area contributed by atoms with E-state index >= 15 is 0 Å². The standard InChI is InChI=1S/C13H12F4N2O2/c1-12(2,3)21-11(20)19-9-5-4-8(13(15,16)17)10(14)7(9)6-18/h4-5H,1-3H3,(H,19,20). The van der Waals surface area contributed by atoms with Gasteiger partial charge in [-0.05, 0) is 32.9 Å². The molecule has 1 aromatic carbocycles. The molecule has 0 aliphatic carbocycles. The fraction of sp³-hybridized carbons (Fsp3) is 0.385. The number of nitriles is 1. The maximum absolute atomic E-state index is 13.7. The molecular formula is C13H12F4N2O2. The van der Waals surface area contributed by atoms with Gasteiger partial charge in [-0.1, -0.05) is 0 Å². The van der Waals surface area contributed by atoms with Crippen LogP contribution < -0.4 is 5.32 Å².